The van der Waals surface area contributed by atoms with E-state index in [9.17, 15) is 27.6 Å². The van der Waals surface area contributed by atoms with E-state index in [4.69, 9.17) is 30.7 Å². The zero-order valence-electron chi connectivity index (χ0n) is 30.5. The van der Waals surface area contributed by atoms with Crippen LogP contribution in [0.2, 0.25) is 0 Å². The second kappa shape index (κ2) is 19.4. The highest BCUT2D eigenvalue weighted by molar-refractivity contribution is 7.52. The molecule has 0 amide bonds. The highest BCUT2D eigenvalue weighted by Gasteiger charge is 2.50. The number of hydrogen-bond acceptors (Lipinski definition) is 11. The molecule has 0 unspecified atom stereocenters. The van der Waals surface area contributed by atoms with Crippen molar-refractivity contribution in [3.8, 4) is 18.1 Å². The molecule has 4 N–H and O–H groups in total. The van der Waals surface area contributed by atoms with Gasteiger partial charge < -0.3 is 24.8 Å². The third kappa shape index (κ3) is 11.3. The zero-order chi connectivity index (χ0) is 39.4. The number of aliphatic hydroxyl groups excluding tert-OH is 1. The SMILES string of the molecule is C#C[C@]1(CO[P@@](=O)(N[C@@H](Cc2cc(F)cc(F)c2)C(=O)OCCCCCCCCCCC)Oc2ccccc2)O[C@@H](n2cnc3c(N)nc(F)nc32)C[C@@H]1O. The number of terminal acetylenes is 1. The van der Waals surface area contributed by atoms with Gasteiger partial charge in [-0.15, -0.1) is 6.42 Å². The van der Waals surface area contributed by atoms with Crippen molar-refractivity contribution in [2.75, 3.05) is 18.9 Å². The molecule has 17 heteroatoms. The molecule has 0 saturated carbocycles. The van der Waals surface area contributed by atoms with Crippen LogP contribution in [0.5, 0.6) is 5.75 Å². The quantitative estimate of drug-likeness (QED) is 0.0261. The Kier molecular flexibility index (Phi) is 14.7. The summed E-state index contributed by atoms with van der Waals surface area (Å²) in [6, 6.07) is 9.16. The standard InChI is InChI=1S/C38H46F3N6O7P/c1-3-5-6-7-8-9-10-11-15-18-51-36(49)30(21-26-19-27(39)22-28(40)20-26)46-55(50,54-29-16-13-12-14-17-29)52-24-38(4-2)31(48)23-32(53-38)47-25-43-33-34(42)44-37(41)45-35(33)47/h2,12-14,16-17,19-20,22,25,30-32,48H,3,5-11,15,18,21,23-24H2,1H3,(H,46,50)(H2,42,44,45)/t30-,31-,32+,38+,55-/m0/s1. The second-order valence-electron chi connectivity index (χ2n) is 13.4. The minimum Gasteiger partial charge on any atom is -0.465 e. The Balaban J connectivity index is 1.33. The first kappa shape index (κ1) is 41.6. The van der Waals surface area contributed by atoms with Gasteiger partial charge in [-0.2, -0.15) is 19.4 Å². The van der Waals surface area contributed by atoms with E-state index >= 15 is 0 Å². The average molecular weight is 787 g/mol. The predicted molar refractivity (Wildman–Crippen MR) is 198 cm³/mol. The van der Waals surface area contributed by atoms with Crippen molar-refractivity contribution >= 4 is 30.7 Å². The summed E-state index contributed by atoms with van der Waals surface area (Å²) in [5.41, 5.74) is 3.98. The minimum atomic E-state index is -4.68. The first-order valence-corrected chi connectivity index (χ1v) is 19.9. The Bertz CT molecular complexity index is 1960. The van der Waals surface area contributed by atoms with Gasteiger partial charge >= 0.3 is 19.8 Å². The number of nitrogens with zero attached hydrogens (tertiary/aromatic N) is 4. The summed E-state index contributed by atoms with van der Waals surface area (Å²) >= 11 is 0. The fourth-order valence-electron chi connectivity index (χ4n) is 6.26. The van der Waals surface area contributed by atoms with Crippen molar-refractivity contribution in [1.82, 2.24) is 24.6 Å². The van der Waals surface area contributed by atoms with Gasteiger partial charge in [0.1, 0.15) is 42.4 Å². The summed E-state index contributed by atoms with van der Waals surface area (Å²) in [5.74, 6) is -0.386. The summed E-state index contributed by atoms with van der Waals surface area (Å²) in [5, 5.41) is 13.8. The monoisotopic (exact) mass is 786 g/mol. The largest absolute Gasteiger partial charge is 0.465 e. The molecular formula is C38H46F3N6O7P. The molecule has 55 heavy (non-hydrogen) atoms. The van der Waals surface area contributed by atoms with Gasteiger partial charge in [-0.05, 0) is 42.7 Å². The Morgan fingerprint density at radius 1 is 1.09 bits per heavy atom. The van der Waals surface area contributed by atoms with Crippen LogP contribution in [-0.4, -0.2) is 61.6 Å². The molecule has 2 aromatic heterocycles. The molecule has 296 valence electrons. The Morgan fingerprint density at radius 3 is 2.44 bits per heavy atom. The van der Waals surface area contributed by atoms with E-state index in [-0.39, 0.29) is 47.7 Å². The minimum absolute atomic E-state index is 0.0202. The maximum Gasteiger partial charge on any atom is 0.459 e. The van der Waals surface area contributed by atoms with E-state index in [2.05, 4.69) is 32.9 Å². The molecule has 1 aliphatic rings. The van der Waals surface area contributed by atoms with Gasteiger partial charge in [0, 0.05) is 12.5 Å². The number of ether oxygens (including phenoxy) is 2. The van der Waals surface area contributed by atoms with Gasteiger partial charge in [0.2, 0.25) is 0 Å². The van der Waals surface area contributed by atoms with Crippen molar-refractivity contribution in [2.24, 2.45) is 0 Å². The zero-order valence-corrected chi connectivity index (χ0v) is 31.4. The topological polar surface area (TPSA) is 173 Å². The number of hydrogen-bond donors (Lipinski definition) is 3. The van der Waals surface area contributed by atoms with Crippen LogP contribution in [0.15, 0.2) is 54.9 Å². The molecule has 4 aromatic rings. The molecule has 1 fully saturated rings. The molecule has 13 nitrogen and oxygen atoms in total. The number of nitrogens with two attached hydrogens (primary N) is 1. The van der Waals surface area contributed by atoms with Gasteiger partial charge in [0.25, 0.3) is 0 Å². The van der Waals surface area contributed by atoms with E-state index < -0.39 is 62.0 Å². The van der Waals surface area contributed by atoms with Gasteiger partial charge in [0.05, 0.1) is 12.9 Å². The fourth-order valence-corrected chi connectivity index (χ4v) is 7.78. The van der Waals surface area contributed by atoms with Gasteiger partial charge in [-0.3, -0.25) is 13.9 Å². The van der Waals surface area contributed by atoms with Crippen molar-refractivity contribution in [3.05, 3.63) is 78.1 Å². The van der Waals surface area contributed by atoms with Gasteiger partial charge in [-0.25, -0.2) is 18.3 Å². The van der Waals surface area contributed by atoms with E-state index in [1.807, 2.05) is 0 Å². The lowest BCUT2D eigenvalue weighted by Gasteiger charge is -2.30. The fraction of sp³-hybridized carbons (Fsp3) is 0.474. The number of fused-ring (bicyclic) bond motifs is 1. The summed E-state index contributed by atoms with van der Waals surface area (Å²) in [6.45, 7) is 1.48. The average Bonchev–Trinajstić information content (AvgIpc) is 3.72. The number of imidazole rings is 1. The molecule has 1 aliphatic heterocycles. The number of nitrogen functional groups attached to an aromatic ring is 1. The number of para-hydroxylation sites is 1. The first-order valence-electron chi connectivity index (χ1n) is 18.3. The lowest BCUT2D eigenvalue weighted by molar-refractivity contribution is -0.146. The van der Waals surface area contributed by atoms with Crippen LogP contribution in [0.3, 0.4) is 0 Å². The molecule has 2 aromatic carbocycles. The van der Waals surface area contributed by atoms with Gasteiger partial charge in [0.15, 0.2) is 22.6 Å². The number of nitrogens with one attached hydrogen (secondary N) is 1. The van der Waals surface area contributed by atoms with Crippen LogP contribution in [0, 0.1) is 30.1 Å². The van der Waals surface area contributed by atoms with E-state index in [1.54, 1.807) is 18.2 Å². The molecule has 5 atom stereocenters. The molecule has 0 aliphatic carbocycles. The molecular weight excluding hydrogens is 740 g/mol. The number of unbranched alkanes of at least 4 members (excludes halogenated alkanes) is 8. The smallest absolute Gasteiger partial charge is 0.459 e. The van der Waals surface area contributed by atoms with Crippen LogP contribution < -0.4 is 15.3 Å². The molecule has 0 radical (unpaired) electrons. The third-order valence-corrected chi connectivity index (χ3v) is 10.7. The lowest BCUT2D eigenvalue weighted by Crippen LogP contribution is -2.44. The third-order valence-electron chi connectivity index (χ3n) is 9.16. The van der Waals surface area contributed by atoms with Crippen molar-refractivity contribution < 1.29 is 46.2 Å². The number of benzene rings is 2. The first-order chi connectivity index (χ1) is 26.4. The Hall–Kier alpha value is -4.52. The number of esters is 1. The summed E-state index contributed by atoms with van der Waals surface area (Å²) in [7, 11) is -4.68. The molecule has 0 spiro atoms. The van der Waals surface area contributed by atoms with E-state index in [1.165, 1.54) is 48.7 Å². The summed E-state index contributed by atoms with van der Waals surface area (Å²) < 4.78 is 81.8. The van der Waals surface area contributed by atoms with Crippen LogP contribution >= 0.6 is 7.75 Å². The van der Waals surface area contributed by atoms with Crippen LogP contribution in [0.4, 0.5) is 19.0 Å². The maximum atomic E-state index is 14.6. The molecule has 5 rings (SSSR count). The summed E-state index contributed by atoms with van der Waals surface area (Å²) in [6.07, 6.45) is 12.4. The predicted octanol–water partition coefficient (Wildman–Crippen LogP) is 6.96. The maximum absolute atomic E-state index is 14.6. The van der Waals surface area contributed by atoms with Gasteiger partial charge in [-0.1, -0.05) is 82.4 Å². The number of carbonyl (C=O) groups is 1. The number of aromatic nitrogens is 4. The van der Waals surface area contributed by atoms with Crippen molar-refractivity contribution in [2.45, 2.75) is 102 Å². The number of aliphatic hydroxyl groups is 1. The normalized spacial score (nSPS) is 19.9. The van der Waals surface area contributed by atoms with Crippen LogP contribution in [0.1, 0.15) is 82.9 Å². The molecule has 3 heterocycles. The number of halogens is 3. The molecule has 0 bridgehead atoms. The molecule has 1 saturated heterocycles. The Labute approximate surface area is 317 Å². The van der Waals surface area contributed by atoms with Crippen molar-refractivity contribution in [1.29, 1.82) is 0 Å². The highest BCUT2D eigenvalue weighted by Crippen LogP contribution is 2.48. The number of anilines is 1. The van der Waals surface area contributed by atoms with E-state index in [0.717, 1.165) is 37.8 Å². The van der Waals surface area contributed by atoms with Crippen molar-refractivity contribution in [3.63, 3.8) is 0 Å². The van der Waals surface area contributed by atoms with E-state index in [0.29, 0.717) is 12.5 Å². The lowest BCUT2D eigenvalue weighted by atomic mass is 9.99. The summed E-state index contributed by atoms with van der Waals surface area (Å²) in [4.78, 5) is 24.9. The van der Waals surface area contributed by atoms with Crippen LogP contribution in [-0.2, 0) is 29.8 Å². The number of rotatable bonds is 21. The van der Waals surface area contributed by atoms with Crippen LogP contribution in [0.25, 0.3) is 11.2 Å². The number of carbonyl (C=O) groups excluding carboxylic acids is 1. The highest BCUT2D eigenvalue weighted by atomic mass is 31.2. The Morgan fingerprint density at radius 2 is 1.76 bits per heavy atom. The second-order valence-corrected chi connectivity index (χ2v) is 15.1.